The Morgan fingerprint density at radius 2 is 1.19 bits per heavy atom. The van der Waals surface area contributed by atoms with Gasteiger partial charge in [-0.15, -0.1) is 0 Å². The first-order valence-electron chi connectivity index (χ1n) is 8.90. The summed E-state index contributed by atoms with van der Waals surface area (Å²) in [7, 11) is 2.26. The Labute approximate surface area is 159 Å². The molecule has 3 aromatic carbocycles. The Morgan fingerprint density at radius 1 is 0.692 bits per heavy atom. The van der Waals surface area contributed by atoms with Crippen molar-refractivity contribution in [2.24, 2.45) is 0 Å². The molecule has 0 amide bonds. The molecule has 3 aromatic rings. The Bertz CT molecular complexity index is 869. The topological polar surface area (TPSA) is 29.5 Å². The lowest BCUT2D eigenvalue weighted by molar-refractivity contribution is 0.467. The summed E-state index contributed by atoms with van der Waals surface area (Å²) in [5.74, 6) is 1.18. The van der Waals surface area contributed by atoms with Gasteiger partial charge in [0.15, 0.2) is 0 Å². The van der Waals surface area contributed by atoms with E-state index in [4.69, 9.17) is 4.52 Å². The quantitative estimate of drug-likeness (QED) is 0.514. The summed E-state index contributed by atoms with van der Waals surface area (Å²) >= 11 is 0. The van der Waals surface area contributed by atoms with Crippen molar-refractivity contribution in [1.82, 2.24) is 0 Å². The van der Waals surface area contributed by atoms with E-state index in [9.17, 15) is 5.11 Å². The predicted molar refractivity (Wildman–Crippen MR) is 115 cm³/mol. The summed E-state index contributed by atoms with van der Waals surface area (Å²) in [6.45, 7) is 10.0. The molecule has 0 saturated carbocycles. The third-order valence-electron chi connectivity index (χ3n) is 4.61. The minimum atomic E-state index is 0.375. The van der Waals surface area contributed by atoms with Gasteiger partial charge < -0.3 is 9.63 Å². The lowest BCUT2D eigenvalue weighted by Crippen LogP contribution is -1.97. The fourth-order valence-corrected chi connectivity index (χ4v) is 3.32. The van der Waals surface area contributed by atoms with E-state index >= 15 is 0 Å². The minimum Gasteiger partial charge on any atom is -0.507 e. The van der Waals surface area contributed by atoms with Crippen molar-refractivity contribution < 1.29 is 9.63 Å². The van der Waals surface area contributed by atoms with E-state index in [0.29, 0.717) is 5.75 Å². The van der Waals surface area contributed by atoms with Gasteiger partial charge in [-0.2, -0.15) is 0 Å². The lowest BCUT2D eigenvalue weighted by Gasteiger charge is -2.20. The molecule has 26 heavy (non-hydrogen) atoms. The van der Waals surface area contributed by atoms with Gasteiger partial charge in [0, 0.05) is 0 Å². The van der Waals surface area contributed by atoms with Gasteiger partial charge in [-0.25, -0.2) is 0 Å². The third-order valence-corrected chi connectivity index (χ3v) is 4.89. The van der Waals surface area contributed by atoms with Crippen molar-refractivity contribution in [2.45, 2.75) is 34.6 Å². The Hall–Kier alpha value is -2.31. The van der Waals surface area contributed by atoms with Crippen LogP contribution in [0.4, 0.5) is 0 Å². The smallest absolute Gasteiger partial charge is 0.122 e. The van der Waals surface area contributed by atoms with Crippen LogP contribution in [0.25, 0.3) is 22.3 Å². The van der Waals surface area contributed by atoms with Gasteiger partial charge in [-0.05, 0) is 71.8 Å². The van der Waals surface area contributed by atoms with Gasteiger partial charge in [0.2, 0.25) is 0 Å². The number of hydrogen-bond donors (Lipinski definition) is 1. The van der Waals surface area contributed by atoms with Gasteiger partial charge in [0.25, 0.3) is 0 Å². The van der Waals surface area contributed by atoms with Crippen molar-refractivity contribution in [3.05, 3.63) is 71.3 Å². The molecule has 0 bridgehead atoms. The van der Waals surface area contributed by atoms with E-state index in [1.807, 2.05) is 58.0 Å². The zero-order chi connectivity index (χ0) is 19.3. The first-order chi connectivity index (χ1) is 12.5. The first-order valence-corrected chi connectivity index (χ1v) is 9.37. The lowest BCUT2D eigenvalue weighted by atomic mass is 9.85. The second kappa shape index (κ2) is 8.87. The van der Waals surface area contributed by atoms with Crippen LogP contribution in [-0.4, -0.2) is 5.11 Å². The van der Waals surface area contributed by atoms with Crippen LogP contribution in [-0.2, 0) is 0 Å². The van der Waals surface area contributed by atoms with E-state index in [1.165, 1.54) is 0 Å². The molecule has 0 radical (unpaired) electrons. The van der Waals surface area contributed by atoms with Crippen LogP contribution in [0.2, 0.25) is 0 Å². The zero-order valence-corrected chi connectivity index (χ0v) is 17.3. The van der Waals surface area contributed by atoms with Crippen LogP contribution in [0, 0.1) is 20.8 Å². The molecule has 0 spiro atoms. The number of rotatable bonds is 3. The van der Waals surface area contributed by atoms with E-state index in [-0.39, 0.29) is 0 Å². The number of benzene rings is 3. The van der Waals surface area contributed by atoms with Crippen molar-refractivity contribution in [3.8, 4) is 33.8 Å². The number of hydrogen-bond acceptors (Lipinski definition) is 2. The number of phenolic OH excluding ortho intramolecular Hbond substituents is 1. The van der Waals surface area contributed by atoms with Gasteiger partial charge >= 0.3 is 0 Å². The van der Waals surface area contributed by atoms with Gasteiger partial charge in [-0.1, -0.05) is 56.3 Å². The number of phenols is 1. The maximum absolute atomic E-state index is 10.6. The molecule has 1 N–H and O–H groups in total. The van der Waals surface area contributed by atoms with E-state index in [0.717, 1.165) is 44.7 Å². The van der Waals surface area contributed by atoms with Gasteiger partial charge in [0.1, 0.15) is 11.5 Å². The van der Waals surface area contributed by atoms with Crippen molar-refractivity contribution >= 4 is 9.47 Å². The predicted octanol–water partition coefficient (Wildman–Crippen LogP) is 6.85. The molecule has 2 nitrogen and oxygen atoms in total. The highest BCUT2D eigenvalue weighted by Gasteiger charge is 2.19. The van der Waals surface area contributed by atoms with Crippen LogP contribution in [0.3, 0.4) is 0 Å². The highest BCUT2D eigenvalue weighted by atomic mass is 31.0. The standard InChI is InChI=1S/C21H21O2P.C2H6/c1-13-14(2)21(22)15(3)20(16-7-5-4-6-8-16)19(13)17-9-11-18(23-24)12-10-17;1-2/h4-12,22H,24H2,1-3H3;1-2H3. The molecule has 0 aliphatic carbocycles. The van der Waals surface area contributed by atoms with E-state index in [1.54, 1.807) is 0 Å². The zero-order valence-electron chi connectivity index (χ0n) is 16.1. The molecule has 1 unspecified atom stereocenters. The maximum Gasteiger partial charge on any atom is 0.122 e. The van der Waals surface area contributed by atoms with Crippen LogP contribution < -0.4 is 4.52 Å². The van der Waals surface area contributed by atoms with E-state index < -0.39 is 0 Å². The number of aromatic hydroxyl groups is 1. The van der Waals surface area contributed by atoms with Gasteiger partial charge in [-0.3, -0.25) is 0 Å². The van der Waals surface area contributed by atoms with Crippen LogP contribution in [0.5, 0.6) is 11.5 Å². The Kier molecular flexibility index (Phi) is 6.83. The van der Waals surface area contributed by atoms with Gasteiger partial charge in [0.05, 0.1) is 9.47 Å². The SMILES string of the molecule is CC.Cc1c(C)c(-c2ccc(OP)cc2)c(-c2ccccc2)c(C)c1O. The summed E-state index contributed by atoms with van der Waals surface area (Å²) in [5.41, 5.74) is 7.38. The first kappa shape index (κ1) is 20.0. The summed E-state index contributed by atoms with van der Waals surface area (Å²) in [4.78, 5) is 0. The monoisotopic (exact) mass is 366 g/mol. The Balaban J connectivity index is 0.00000117. The molecule has 0 aliphatic heterocycles. The molecule has 1 atom stereocenters. The summed E-state index contributed by atoms with van der Waals surface area (Å²) in [5, 5.41) is 10.6. The minimum absolute atomic E-state index is 0.375. The fourth-order valence-electron chi connectivity index (χ4n) is 3.17. The van der Waals surface area contributed by atoms with E-state index in [2.05, 4.69) is 40.7 Å². The van der Waals surface area contributed by atoms with Crippen molar-refractivity contribution in [3.63, 3.8) is 0 Å². The fraction of sp³-hybridized carbons (Fsp3) is 0.217. The normalized spacial score (nSPS) is 10.1. The second-order valence-corrected chi connectivity index (χ2v) is 6.22. The summed E-state index contributed by atoms with van der Waals surface area (Å²) in [6.07, 6.45) is 0. The van der Waals surface area contributed by atoms with Crippen LogP contribution in [0.15, 0.2) is 54.6 Å². The molecule has 3 heteroatoms. The molecule has 0 aromatic heterocycles. The molecule has 0 aliphatic rings. The van der Waals surface area contributed by atoms with Crippen LogP contribution >= 0.6 is 9.47 Å². The highest BCUT2D eigenvalue weighted by molar-refractivity contribution is 7.10. The average Bonchev–Trinajstić information content (AvgIpc) is 2.71. The molecular formula is C23H27O2P. The molecule has 136 valence electrons. The van der Waals surface area contributed by atoms with Crippen molar-refractivity contribution in [2.75, 3.05) is 0 Å². The summed E-state index contributed by atoms with van der Waals surface area (Å²) < 4.78 is 5.19. The molecular weight excluding hydrogens is 339 g/mol. The molecule has 3 rings (SSSR count). The molecule has 0 fully saturated rings. The Morgan fingerprint density at radius 3 is 1.73 bits per heavy atom. The average molecular weight is 366 g/mol. The second-order valence-electron chi connectivity index (χ2n) is 5.98. The summed E-state index contributed by atoms with van der Waals surface area (Å²) in [6, 6.07) is 18.2. The molecule has 0 saturated heterocycles. The highest BCUT2D eigenvalue weighted by Crippen LogP contribution is 2.43. The maximum atomic E-state index is 10.6. The molecule has 0 heterocycles. The third kappa shape index (κ3) is 3.76. The van der Waals surface area contributed by atoms with Crippen LogP contribution in [0.1, 0.15) is 30.5 Å². The largest absolute Gasteiger partial charge is 0.507 e. The van der Waals surface area contributed by atoms with Crippen molar-refractivity contribution in [1.29, 1.82) is 0 Å².